The van der Waals surface area contributed by atoms with Crippen molar-refractivity contribution < 1.29 is 0 Å². The Kier molecular flexibility index (Phi) is 4.45. The molecule has 6 nitrogen and oxygen atoms in total. The van der Waals surface area contributed by atoms with Crippen molar-refractivity contribution in [3.05, 3.63) is 81.2 Å². The second kappa shape index (κ2) is 7.26. The maximum Gasteiger partial charge on any atom is 0.255 e. The molecule has 0 amide bonds. The summed E-state index contributed by atoms with van der Waals surface area (Å²) in [6, 6.07) is 13.7. The molecular weight excluding hydrogens is 362 g/mol. The number of rotatable bonds is 4. The van der Waals surface area contributed by atoms with E-state index in [1.165, 1.54) is 0 Å². The van der Waals surface area contributed by atoms with Gasteiger partial charge in [-0.1, -0.05) is 18.2 Å². The fraction of sp³-hybridized carbons (Fsp3) is 0.304. The van der Waals surface area contributed by atoms with E-state index in [9.17, 15) is 4.79 Å². The number of nitrogens with zero attached hydrogens (tertiary/aromatic N) is 4. The first-order chi connectivity index (χ1) is 14.2. The third kappa shape index (κ3) is 3.69. The van der Waals surface area contributed by atoms with Gasteiger partial charge in [-0.3, -0.25) is 14.7 Å². The molecule has 1 aromatic carbocycles. The van der Waals surface area contributed by atoms with Gasteiger partial charge in [0.1, 0.15) is 5.82 Å². The molecule has 6 heteroatoms. The Labute approximate surface area is 168 Å². The van der Waals surface area contributed by atoms with E-state index in [-0.39, 0.29) is 5.56 Å². The second-order valence-corrected chi connectivity index (χ2v) is 7.86. The van der Waals surface area contributed by atoms with Gasteiger partial charge in [0, 0.05) is 43.7 Å². The Morgan fingerprint density at radius 3 is 2.90 bits per heavy atom. The molecule has 0 bridgehead atoms. The fourth-order valence-electron chi connectivity index (χ4n) is 3.88. The van der Waals surface area contributed by atoms with Crippen molar-refractivity contribution in [2.75, 3.05) is 6.54 Å². The maximum atomic E-state index is 12.5. The number of pyridine rings is 1. The molecule has 0 unspecified atom stereocenters. The van der Waals surface area contributed by atoms with Gasteiger partial charge in [-0.05, 0) is 36.6 Å². The molecule has 0 spiro atoms. The lowest BCUT2D eigenvalue weighted by Crippen LogP contribution is -2.35. The molecule has 0 saturated heterocycles. The van der Waals surface area contributed by atoms with Gasteiger partial charge in [-0.15, -0.1) is 0 Å². The Bertz CT molecular complexity index is 1160. The molecule has 144 valence electrons. The van der Waals surface area contributed by atoms with Gasteiger partial charge in [0.25, 0.3) is 5.56 Å². The maximum absolute atomic E-state index is 12.5. The van der Waals surface area contributed by atoms with Gasteiger partial charge in [0.15, 0.2) is 0 Å². The molecule has 0 atom stereocenters. The zero-order valence-electron chi connectivity index (χ0n) is 16.1. The highest BCUT2D eigenvalue weighted by Gasteiger charge is 2.29. The van der Waals surface area contributed by atoms with Gasteiger partial charge in [-0.2, -0.15) is 5.26 Å². The summed E-state index contributed by atoms with van der Waals surface area (Å²) in [5, 5.41) is 9.06. The van der Waals surface area contributed by atoms with Crippen LogP contribution in [0.1, 0.15) is 47.0 Å². The molecular formula is C23H21N5O. The topological polar surface area (TPSA) is 85.7 Å². The van der Waals surface area contributed by atoms with E-state index in [2.05, 4.69) is 27.0 Å². The molecule has 1 saturated carbocycles. The molecule has 1 aliphatic carbocycles. The molecule has 3 heterocycles. The highest BCUT2D eigenvalue weighted by Crippen LogP contribution is 2.37. The van der Waals surface area contributed by atoms with Crippen molar-refractivity contribution in [1.29, 1.82) is 5.26 Å². The van der Waals surface area contributed by atoms with Gasteiger partial charge in [-0.25, -0.2) is 4.98 Å². The third-order valence-electron chi connectivity index (χ3n) is 5.65. The third-order valence-corrected chi connectivity index (χ3v) is 5.65. The summed E-state index contributed by atoms with van der Waals surface area (Å²) in [5.74, 6) is 1.34. The van der Waals surface area contributed by atoms with Crippen LogP contribution in [0, 0.1) is 11.3 Å². The van der Waals surface area contributed by atoms with Crippen LogP contribution in [0.5, 0.6) is 0 Å². The summed E-state index contributed by atoms with van der Waals surface area (Å²) >= 11 is 0. The van der Waals surface area contributed by atoms with E-state index in [0.717, 1.165) is 66.3 Å². The molecule has 1 fully saturated rings. The highest BCUT2D eigenvalue weighted by atomic mass is 16.1. The minimum absolute atomic E-state index is 0.0208. The first-order valence-corrected chi connectivity index (χ1v) is 9.99. The SMILES string of the molecule is N#Cc1cccc(-c2ccc(CN3CCc4nc(C5CC5)[nH]c(=O)c4C3)cn2)c1. The van der Waals surface area contributed by atoms with Gasteiger partial charge in [0.2, 0.25) is 0 Å². The molecule has 1 N–H and O–H groups in total. The van der Waals surface area contributed by atoms with Crippen LogP contribution in [0.4, 0.5) is 0 Å². The van der Waals surface area contributed by atoms with Gasteiger partial charge >= 0.3 is 0 Å². The van der Waals surface area contributed by atoms with Crippen molar-refractivity contribution in [2.24, 2.45) is 0 Å². The number of nitriles is 1. The van der Waals surface area contributed by atoms with Crippen LogP contribution >= 0.6 is 0 Å². The van der Waals surface area contributed by atoms with Gasteiger partial charge in [0.05, 0.1) is 28.6 Å². The van der Waals surface area contributed by atoms with Crippen molar-refractivity contribution >= 4 is 0 Å². The number of nitrogens with one attached hydrogen (secondary N) is 1. The summed E-state index contributed by atoms with van der Waals surface area (Å²) in [6.07, 6.45) is 4.96. The number of aromatic nitrogens is 3. The highest BCUT2D eigenvalue weighted by molar-refractivity contribution is 5.61. The largest absolute Gasteiger partial charge is 0.310 e. The van der Waals surface area contributed by atoms with Crippen LogP contribution < -0.4 is 5.56 Å². The summed E-state index contributed by atoms with van der Waals surface area (Å²) in [4.78, 5) is 27.1. The summed E-state index contributed by atoms with van der Waals surface area (Å²) in [7, 11) is 0. The van der Waals surface area contributed by atoms with Crippen molar-refractivity contribution in [2.45, 2.75) is 38.3 Å². The summed E-state index contributed by atoms with van der Waals surface area (Å²) < 4.78 is 0. The lowest BCUT2D eigenvalue weighted by molar-refractivity contribution is 0.241. The van der Waals surface area contributed by atoms with Crippen molar-refractivity contribution in [3.8, 4) is 17.3 Å². The van der Waals surface area contributed by atoms with E-state index in [1.54, 1.807) is 6.07 Å². The second-order valence-electron chi connectivity index (χ2n) is 7.86. The summed E-state index contributed by atoms with van der Waals surface area (Å²) in [6.45, 7) is 2.25. The minimum Gasteiger partial charge on any atom is -0.310 e. The monoisotopic (exact) mass is 383 g/mol. The first kappa shape index (κ1) is 17.8. The molecule has 29 heavy (non-hydrogen) atoms. The van der Waals surface area contributed by atoms with Crippen LogP contribution in [0.25, 0.3) is 11.3 Å². The van der Waals surface area contributed by atoms with Crippen molar-refractivity contribution in [1.82, 2.24) is 19.9 Å². The molecule has 2 aromatic heterocycles. The van der Waals surface area contributed by atoms with Crippen LogP contribution in [0.2, 0.25) is 0 Å². The van der Waals surface area contributed by atoms with Crippen molar-refractivity contribution in [3.63, 3.8) is 0 Å². The Morgan fingerprint density at radius 2 is 2.14 bits per heavy atom. The lowest BCUT2D eigenvalue weighted by Gasteiger charge is -2.27. The Morgan fingerprint density at radius 1 is 1.24 bits per heavy atom. The standard InChI is InChI=1S/C23H21N5O/c24-11-15-2-1-3-18(10-15)20-7-4-16(12-25-20)13-28-9-8-21-19(14-28)23(29)27-22(26-21)17-5-6-17/h1-4,7,10,12,17H,5-6,8-9,13-14H2,(H,26,27,29). The Hall–Kier alpha value is -3.30. The first-order valence-electron chi connectivity index (χ1n) is 9.99. The average molecular weight is 383 g/mol. The van der Waals surface area contributed by atoms with Crippen LogP contribution in [0.3, 0.4) is 0 Å². The quantitative estimate of drug-likeness (QED) is 0.748. The Balaban J connectivity index is 1.30. The zero-order valence-corrected chi connectivity index (χ0v) is 16.1. The van der Waals surface area contributed by atoms with E-state index in [0.29, 0.717) is 18.0 Å². The normalized spacial score (nSPS) is 16.2. The zero-order chi connectivity index (χ0) is 19.8. The van der Waals surface area contributed by atoms with Crippen LogP contribution in [0.15, 0.2) is 47.4 Å². The number of hydrogen-bond acceptors (Lipinski definition) is 5. The fourth-order valence-corrected chi connectivity index (χ4v) is 3.88. The molecule has 1 aliphatic heterocycles. The van der Waals surface area contributed by atoms with E-state index in [1.807, 2.05) is 30.5 Å². The average Bonchev–Trinajstić information content (AvgIpc) is 3.60. The smallest absolute Gasteiger partial charge is 0.255 e. The van der Waals surface area contributed by atoms with Crippen LogP contribution in [-0.4, -0.2) is 26.4 Å². The van der Waals surface area contributed by atoms with E-state index in [4.69, 9.17) is 10.2 Å². The van der Waals surface area contributed by atoms with E-state index < -0.39 is 0 Å². The number of fused-ring (bicyclic) bond motifs is 1. The lowest BCUT2D eigenvalue weighted by atomic mass is 10.1. The molecule has 2 aliphatic rings. The number of H-pyrrole nitrogens is 1. The number of aromatic amines is 1. The van der Waals surface area contributed by atoms with Crippen LogP contribution in [-0.2, 0) is 19.5 Å². The minimum atomic E-state index is 0.0208. The predicted octanol–water partition coefficient (Wildman–Crippen LogP) is 3.14. The van der Waals surface area contributed by atoms with Gasteiger partial charge < -0.3 is 4.98 Å². The molecule has 5 rings (SSSR count). The number of benzene rings is 1. The predicted molar refractivity (Wildman–Crippen MR) is 109 cm³/mol. The number of hydrogen-bond donors (Lipinski definition) is 1. The summed E-state index contributed by atoms with van der Waals surface area (Å²) in [5.41, 5.74) is 5.31. The molecule has 3 aromatic rings. The van der Waals surface area contributed by atoms with E-state index >= 15 is 0 Å². The molecule has 0 radical (unpaired) electrons.